The highest BCUT2D eigenvalue weighted by Crippen LogP contribution is 2.17. The lowest BCUT2D eigenvalue weighted by molar-refractivity contribution is -0.130. The molecule has 0 aliphatic heterocycles. The lowest BCUT2D eigenvalue weighted by Crippen LogP contribution is -2.27. The first kappa shape index (κ1) is 19.2. The second-order valence-corrected chi connectivity index (χ2v) is 5.81. The van der Waals surface area contributed by atoms with Crippen molar-refractivity contribution < 1.29 is 19.1 Å². The minimum Gasteiger partial charge on any atom is -0.494 e. The van der Waals surface area contributed by atoms with E-state index in [1.165, 1.54) is 11.0 Å². The number of ether oxygens (including phenoxy) is 2. The van der Waals surface area contributed by atoms with Gasteiger partial charge in [-0.15, -0.1) is 0 Å². The molecule has 0 radical (unpaired) electrons. The van der Waals surface area contributed by atoms with Gasteiger partial charge in [0.15, 0.2) is 12.4 Å². The molecule has 0 fully saturated rings. The molecule has 0 aromatic heterocycles. The van der Waals surface area contributed by atoms with E-state index in [0.29, 0.717) is 17.9 Å². The maximum atomic E-state index is 12.4. The average molecular weight is 353 g/mol. The summed E-state index contributed by atoms with van der Waals surface area (Å²) in [6.45, 7) is 2.45. The lowest BCUT2D eigenvalue weighted by atomic mass is 10.1. The molecule has 2 aromatic rings. The first-order valence-electron chi connectivity index (χ1n) is 8.38. The molecule has 0 bridgehead atoms. The number of hydrogen-bond donors (Lipinski definition) is 0. The average Bonchev–Trinajstić information content (AvgIpc) is 2.65. The van der Waals surface area contributed by atoms with Crippen LogP contribution in [-0.2, 0) is 4.79 Å². The monoisotopic (exact) mass is 353 g/mol. The molecule has 0 saturated heterocycles. The molecule has 0 N–H and O–H groups in total. The topological polar surface area (TPSA) is 55.8 Å². The third-order valence-electron chi connectivity index (χ3n) is 3.58. The van der Waals surface area contributed by atoms with Crippen molar-refractivity contribution in [3.8, 4) is 11.5 Å². The highest BCUT2D eigenvalue weighted by Gasteiger charge is 2.07. The molecular formula is C21H23NO4. The van der Waals surface area contributed by atoms with Crippen LogP contribution in [0.2, 0.25) is 0 Å². The Labute approximate surface area is 153 Å². The van der Waals surface area contributed by atoms with Crippen molar-refractivity contribution in [3.05, 3.63) is 65.7 Å². The van der Waals surface area contributed by atoms with Crippen LogP contribution in [0, 0.1) is 0 Å². The molecule has 0 saturated carbocycles. The van der Waals surface area contributed by atoms with Gasteiger partial charge in [0.25, 0.3) is 5.91 Å². The van der Waals surface area contributed by atoms with E-state index < -0.39 is 0 Å². The Hall–Kier alpha value is -3.08. The van der Waals surface area contributed by atoms with Gasteiger partial charge in [0.2, 0.25) is 0 Å². The van der Waals surface area contributed by atoms with Crippen LogP contribution in [0.15, 0.2) is 54.6 Å². The molecule has 0 unspecified atom stereocenters. The van der Waals surface area contributed by atoms with Gasteiger partial charge in [0, 0.05) is 19.7 Å². The van der Waals surface area contributed by atoms with Gasteiger partial charge in [-0.25, -0.2) is 0 Å². The van der Waals surface area contributed by atoms with Gasteiger partial charge in [-0.2, -0.15) is 0 Å². The summed E-state index contributed by atoms with van der Waals surface area (Å²) >= 11 is 0. The molecule has 2 aromatic carbocycles. The molecule has 0 atom stereocenters. The Bertz CT molecular complexity index is 796. The highest BCUT2D eigenvalue weighted by molar-refractivity contribution is 6.07. The van der Waals surface area contributed by atoms with E-state index in [1.807, 2.05) is 31.2 Å². The number of carbonyl (C=O) groups is 2. The van der Waals surface area contributed by atoms with Crippen LogP contribution in [0.25, 0.3) is 6.08 Å². The summed E-state index contributed by atoms with van der Waals surface area (Å²) in [5, 5.41) is 0. The van der Waals surface area contributed by atoms with Gasteiger partial charge >= 0.3 is 0 Å². The standard InChI is InChI=1S/C21H23NO4/c1-4-25-18-9-5-7-16(13-18)11-12-20(23)17-8-6-10-19(14-17)26-15-21(24)22(2)3/h5-14H,4,15H2,1-3H3/b12-11+. The predicted molar refractivity (Wildman–Crippen MR) is 102 cm³/mol. The van der Waals surface area contributed by atoms with Crippen LogP contribution in [0.1, 0.15) is 22.8 Å². The number of ketones is 1. The van der Waals surface area contributed by atoms with Gasteiger partial charge in [-0.05, 0) is 42.8 Å². The number of amides is 1. The molecule has 5 nitrogen and oxygen atoms in total. The van der Waals surface area contributed by atoms with Gasteiger partial charge in [-0.1, -0.05) is 30.3 Å². The third kappa shape index (κ3) is 5.77. The summed E-state index contributed by atoms with van der Waals surface area (Å²) in [4.78, 5) is 25.4. The summed E-state index contributed by atoms with van der Waals surface area (Å²) in [6.07, 6.45) is 3.25. The van der Waals surface area contributed by atoms with Crippen molar-refractivity contribution in [2.75, 3.05) is 27.3 Å². The fraction of sp³-hybridized carbons (Fsp3) is 0.238. The van der Waals surface area contributed by atoms with Gasteiger partial charge in [0.1, 0.15) is 11.5 Å². The second-order valence-electron chi connectivity index (χ2n) is 5.81. The minimum atomic E-state index is -0.143. The molecule has 0 heterocycles. The van der Waals surface area contributed by atoms with Gasteiger partial charge < -0.3 is 14.4 Å². The zero-order valence-electron chi connectivity index (χ0n) is 15.3. The summed E-state index contributed by atoms with van der Waals surface area (Å²) < 4.78 is 10.9. The van der Waals surface area contributed by atoms with E-state index in [1.54, 1.807) is 44.4 Å². The van der Waals surface area contributed by atoms with Crippen LogP contribution >= 0.6 is 0 Å². The minimum absolute atomic E-state index is 0.0648. The summed E-state index contributed by atoms with van der Waals surface area (Å²) in [7, 11) is 3.33. The Morgan fingerprint density at radius 1 is 1.00 bits per heavy atom. The molecule has 1 amide bonds. The normalized spacial score (nSPS) is 10.6. The highest BCUT2D eigenvalue weighted by atomic mass is 16.5. The number of rotatable bonds is 8. The number of carbonyl (C=O) groups excluding carboxylic acids is 2. The number of likely N-dealkylation sites (N-methyl/N-ethyl adjacent to an activating group) is 1. The zero-order valence-corrected chi connectivity index (χ0v) is 15.3. The van der Waals surface area contributed by atoms with E-state index in [-0.39, 0.29) is 18.3 Å². The molecule has 0 aliphatic carbocycles. The summed E-state index contributed by atoms with van der Waals surface area (Å²) in [5.41, 5.74) is 1.38. The van der Waals surface area contributed by atoms with Crippen molar-refractivity contribution in [2.45, 2.75) is 6.92 Å². The largest absolute Gasteiger partial charge is 0.494 e. The lowest BCUT2D eigenvalue weighted by Gasteiger charge is -2.11. The first-order chi connectivity index (χ1) is 12.5. The number of allylic oxidation sites excluding steroid dienone is 1. The number of hydrogen-bond acceptors (Lipinski definition) is 4. The van der Waals surface area contributed by atoms with E-state index in [2.05, 4.69) is 0 Å². The second kappa shape index (κ2) is 9.42. The fourth-order valence-electron chi connectivity index (χ4n) is 2.16. The molecule has 136 valence electrons. The van der Waals surface area contributed by atoms with E-state index >= 15 is 0 Å². The third-order valence-corrected chi connectivity index (χ3v) is 3.58. The Kier molecular flexibility index (Phi) is 6.97. The maximum absolute atomic E-state index is 12.4. The van der Waals surface area contributed by atoms with Crippen LogP contribution in [0.3, 0.4) is 0 Å². The van der Waals surface area contributed by atoms with Gasteiger partial charge in [-0.3, -0.25) is 9.59 Å². The summed E-state index contributed by atoms with van der Waals surface area (Å²) in [6, 6.07) is 14.3. The quantitative estimate of drug-likeness (QED) is 0.539. The molecule has 26 heavy (non-hydrogen) atoms. The van der Waals surface area contributed by atoms with Crippen LogP contribution in [-0.4, -0.2) is 43.9 Å². The Morgan fingerprint density at radius 2 is 1.69 bits per heavy atom. The van der Waals surface area contributed by atoms with E-state index in [9.17, 15) is 9.59 Å². The Morgan fingerprint density at radius 3 is 2.38 bits per heavy atom. The van der Waals surface area contributed by atoms with E-state index in [0.717, 1.165) is 11.3 Å². The maximum Gasteiger partial charge on any atom is 0.259 e. The van der Waals surface area contributed by atoms with Crippen LogP contribution in [0.4, 0.5) is 0 Å². The first-order valence-corrected chi connectivity index (χ1v) is 8.38. The van der Waals surface area contributed by atoms with Crippen molar-refractivity contribution >= 4 is 17.8 Å². The van der Waals surface area contributed by atoms with Crippen molar-refractivity contribution in [2.24, 2.45) is 0 Å². The van der Waals surface area contributed by atoms with Crippen LogP contribution in [0.5, 0.6) is 11.5 Å². The smallest absolute Gasteiger partial charge is 0.259 e. The van der Waals surface area contributed by atoms with Crippen molar-refractivity contribution in [3.63, 3.8) is 0 Å². The molecule has 0 aliphatic rings. The van der Waals surface area contributed by atoms with Gasteiger partial charge in [0.05, 0.1) is 6.61 Å². The molecular weight excluding hydrogens is 330 g/mol. The van der Waals surface area contributed by atoms with Crippen molar-refractivity contribution in [1.82, 2.24) is 4.90 Å². The van der Waals surface area contributed by atoms with E-state index in [4.69, 9.17) is 9.47 Å². The number of benzene rings is 2. The van der Waals surface area contributed by atoms with Crippen LogP contribution < -0.4 is 9.47 Å². The van der Waals surface area contributed by atoms with Crippen molar-refractivity contribution in [1.29, 1.82) is 0 Å². The molecule has 2 rings (SSSR count). The Balaban J connectivity index is 2.04. The predicted octanol–water partition coefficient (Wildman–Crippen LogP) is 3.45. The zero-order chi connectivity index (χ0) is 18.9. The number of nitrogens with zero attached hydrogens (tertiary/aromatic N) is 1. The SMILES string of the molecule is CCOc1cccc(/C=C/C(=O)c2cccc(OCC(=O)N(C)C)c2)c1. The summed E-state index contributed by atoms with van der Waals surface area (Å²) in [5.74, 6) is 0.966. The molecule has 5 heteroatoms. The molecule has 0 spiro atoms. The fourth-order valence-corrected chi connectivity index (χ4v) is 2.16.